The molecular weight excluding hydrogens is 415 g/mol. The van der Waals surface area contributed by atoms with E-state index in [0.717, 1.165) is 4.88 Å². The van der Waals surface area contributed by atoms with Crippen LogP contribution in [0, 0.1) is 18.2 Å². The van der Waals surface area contributed by atoms with Crippen molar-refractivity contribution in [3.8, 4) is 5.75 Å². The number of hydrogen-bond acceptors (Lipinski definition) is 4. The van der Waals surface area contributed by atoms with E-state index in [1.165, 1.54) is 16.2 Å². The van der Waals surface area contributed by atoms with E-state index in [4.69, 9.17) is 16.3 Å². The molecule has 1 unspecified atom stereocenters. The number of nitrogens with zero attached hydrogens (tertiary/aromatic N) is 1. The van der Waals surface area contributed by atoms with E-state index in [0.29, 0.717) is 15.6 Å². The molecule has 0 saturated carbocycles. The zero-order valence-electron chi connectivity index (χ0n) is 17.1. The van der Waals surface area contributed by atoms with E-state index in [2.05, 4.69) is 5.32 Å². The number of nitrogens with one attached hydrogen (secondary N) is 1. The average Bonchev–Trinajstić information content (AvgIpc) is 3.00. The Morgan fingerprint density at radius 2 is 2.07 bits per heavy atom. The van der Waals surface area contributed by atoms with Crippen LogP contribution in [0.3, 0.4) is 0 Å². The number of aryl methyl sites for hydroxylation is 1. The molecule has 3 rings (SSSR count). The SMILES string of the molecule is Cc1cc2c(c(F)c1NC(=O)CC(C)(C)C)OC(C)C(=O)N2Cc1ccc(Cl)s1. The third kappa shape index (κ3) is 4.73. The molecule has 1 aromatic heterocycles. The monoisotopic (exact) mass is 438 g/mol. The van der Waals surface area contributed by atoms with Crippen LogP contribution in [-0.2, 0) is 16.1 Å². The molecular formula is C21H24ClFN2O3S. The van der Waals surface area contributed by atoms with Gasteiger partial charge in [-0.1, -0.05) is 32.4 Å². The maximum Gasteiger partial charge on any atom is 0.268 e. The van der Waals surface area contributed by atoms with Crippen molar-refractivity contribution in [2.45, 2.75) is 53.7 Å². The molecule has 1 aliphatic heterocycles. The molecule has 1 N–H and O–H groups in total. The normalized spacial score (nSPS) is 16.4. The number of anilines is 2. The molecule has 0 aliphatic carbocycles. The second-order valence-electron chi connectivity index (χ2n) is 8.41. The van der Waals surface area contributed by atoms with Gasteiger partial charge in [-0.2, -0.15) is 0 Å². The van der Waals surface area contributed by atoms with Crippen molar-refractivity contribution in [2.75, 3.05) is 10.2 Å². The van der Waals surface area contributed by atoms with Gasteiger partial charge in [0.1, 0.15) is 0 Å². The van der Waals surface area contributed by atoms with Crippen LogP contribution >= 0.6 is 22.9 Å². The Balaban J connectivity index is 1.98. The Bertz CT molecular complexity index is 968. The molecule has 8 heteroatoms. The Kier molecular flexibility index (Phi) is 5.92. The highest BCUT2D eigenvalue weighted by molar-refractivity contribution is 7.16. The van der Waals surface area contributed by atoms with Crippen molar-refractivity contribution in [3.05, 3.63) is 38.8 Å². The van der Waals surface area contributed by atoms with Crippen molar-refractivity contribution < 1.29 is 18.7 Å². The van der Waals surface area contributed by atoms with Gasteiger partial charge in [0.05, 0.1) is 22.3 Å². The van der Waals surface area contributed by atoms with Gasteiger partial charge in [-0.15, -0.1) is 11.3 Å². The summed E-state index contributed by atoms with van der Waals surface area (Å²) in [4.78, 5) is 27.4. The van der Waals surface area contributed by atoms with Crippen molar-refractivity contribution in [2.24, 2.45) is 5.41 Å². The molecule has 1 atom stereocenters. The number of rotatable bonds is 4. The van der Waals surface area contributed by atoms with Gasteiger partial charge in [0, 0.05) is 11.3 Å². The molecule has 0 saturated heterocycles. The summed E-state index contributed by atoms with van der Waals surface area (Å²) in [5.41, 5.74) is 0.725. The van der Waals surface area contributed by atoms with Gasteiger partial charge in [-0.05, 0) is 43.0 Å². The summed E-state index contributed by atoms with van der Waals surface area (Å²) in [5, 5.41) is 2.67. The summed E-state index contributed by atoms with van der Waals surface area (Å²) in [7, 11) is 0. The molecule has 1 aliphatic rings. The summed E-state index contributed by atoms with van der Waals surface area (Å²) in [6, 6.07) is 5.27. The molecule has 0 bridgehead atoms. The van der Waals surface area contributed by atoms with Gasteiger partial charge in [0.25, 0.3) is 5.91 Å². The number of ether oxygens (including phenoxy) is 1. The van der Waals surface area contributed by atoms with Crippen LogP contribution in [0.25, 0.3) is 0 Å². The average molecular weight is 439 g/mol. The van der Waals surface area contributed by atoms with Crippen LogP contribution in [0.15, 0.2) is 18.2 Å². The maximum absolute atomic E-state index is 15.3. The molecule has 0 spiro atoms. The standard InChI is InChI=1S/C21H24ClFN2O3S/c1-11-8-14-19(17(23)18(11)24-16(26)9-21(3,4)5)28-12(2)20(27)25(14)10-13-6-7-15(22)29-13/h6-8,12H,9-10H2,1-5H3,(H,24,26). The topological polar surface area (TPSA) is 58.6 Å². The number of amides is 2. The largest absolute Gasteiger partial charge is 0.476 e. The van der Waals surface area contributed by atoms with Crippen LogP contribution in [0.5, 0.6) is 5.75 Å². The van der Waals surface area contributed by atoms with Crippen molar-refractivity contribution in [3.63, 3.8) is 0 Å². The molecule has 5 nitrogen and oxygen atoms in total. The fourth-order valence-corrected chi connectivity index (χ4v) is 4.27. The predicted molar refractivity (Wildman–Crippen MR) is 114 cm³/mol. The number of thiophene rings is 1. The number of carbonyl (C=O) groups excluding carboxylic acids is 2. The van der Waals surface area contributed by atoms with E-state index in [9.17, 15) is 9.59 Å². The van der Waals surface area contributed by atoms with Gasteiger partial charge < -0.3 is 15.0 Å². The Morgan fingerprint density at radius 1 is 1.38 bits per heavy atom. The molecule has 1 aromatic carbocycles. The number of benzene rings is 1. The first kappa shape index (κ1) is 21.6. The molecule has 2 aromatic rings. The van der Waals surface area contributed by atoms with E-state index in [1.54, 1.807) is 26.0 Å². The predicted octanol–water partition coefficient (Wildman–Crippen LogP) is 5.54. The van der Waals surface area contributed by atoms with Crippen LogP contribution < -0.4 is 15.0 Å². The molecule has 156 valence electrons. The Morgan fingerprint density at radius 3 is 2.66 bits per heavy atom. The molecule has 29 heavy (non-hydrogen) atoms. The summed E-state index contributed by atoms with van der Waals surface area (Å²) in [6.07, 6.45) is -0.586. The van der Waals surface area contributed by atoms with E-state index in [-0.39, 0.29) is 41.6 Å². The lowest BCUT2D eigenvalue weighted by molar-refractivity contribution is -0.125. The lowest BCUT2D eigenvalue weighted by Gasteiger charge is -2.34. The number of halogens is 2. The van der Waals surface area contributed by atoms with Crippen LogP contribution in [0.4, 0.5) is 15.8 Å². The summed E-state index contributed by atoms with van der Waals surface area (Å²) in [5.74, 6) is -1.23. The minimum atomic E-state index is -0.840. The van der Waals surface area contributed by atoms with Gasteiger partial charge in [0.2, 0.25) is 5.91 Å². The summed E-state index contributed by atoms with van der Waals surface area (Å²) >= 11 is 7.36. The highest BCUT2D eigenvalue weighted by Gasteiger charge is 2.35. The minimum Gasteiger partial charge on any atom is -0.476 e. The zero-order chi connectivity index (χ0) is 21.5. The van der Waals surface area contributed by atoms with Crippen LogP contribution in [0.2, 0.25) is 4.34 Å². The molecule has 0 fully saturated rings. The first-order valence-corrected chi connectivity index (χ1v) is 10.5. The number of fused-ring (bicyclic) bond motifs is 1. The highest BCUT2D eigenvalue weighted by Crippen LogP contribution is 2.42. The second-order valence-corrected chi connectivity index (χ2v) is 10.2. The third-order valence-corrected chi connectivity index (χ3v) is 5.71. The van der Waals surface area contributed by atoms with Crippen LogP contribution in [-0.4, -0.2) is 17.9 Å². The highest BCUT2D eigenvalue weighted by atomic mass is 35.5. The lowest BCUT2D eigenvalue weighted by atomic mass is 9.92. The lowest BCUT2D eigenvalue weighted by Crippen LogP contribution is -2.44. The maximum atomic E-state index is 15.3. The van der Waals surface area contributed by atoms with Gasteiger partial charge >= 0.3 is 0 Å². The minimum absolute atomic E-state index is 0.0311. The fraction of sp³-hybridized carbons (Fsp3) is 0.429. The summed E-state index contributed by atoms with van der Waals surface area (Å²) < 4.78 is 21.5. The van der Waals surface area contributed by atoms with Gasteiger partial charge in [-0.3, -0.25) is 9.59 Å². The molecule has 0 radical (unpaired) electrons. The number of hydrogen-bond donors (Lipinski definition) is 1. The fourth-order valence-electron chi connectivity index (χ4n) is 3.19. The Hall–Kier alpha value is -2.12. The quantitative estimate of drug-likeness (QED) is 0.681. The molecule has 2 heterocycles. The van der Waals surface area contributed by atoms with E-state index in [1.807, 2.05) is 26.8 Å². The van der Waals surface area contributed by atoms with E-state index < -0.39 is 11.9 Å². The van der Waals surface area contributed by atoms with Crippen molar-refractivity contribution >= 4 is 46.1 Å². The number of carbonyl (C=O) groups is 2. The first-order chi connectivity index (χ1) is 13.5. The third-order valence-electron chi connectivity index (χ3n) is 4.50. The zero-order valence-corrected chi connectivity index (χ0v) is 18.6. The van der Waals surface area contributed by atoms with E-state index >= 15 is 4.39 Å². The second kappa shape index (κ2) is 7.95. The summed E-state index contributed by atoms with van der Waals surface area (Å²) in [6.45, 7) is 9.36. The Labute approximate surface area is 178 Å². The van der Waals surface area contributed by atoms with Crippen molar-refractivity contribution in [1.82, 2.24) is 0 Å². The first-order valence-electron chi connectivity index (χ1n) is 9.31. The van der Waals surface area contributed by atoms with Crippen LogP contribution in [0.1, 0.15) is 44.6 Å². The smallest absolute Gasteiger partial charge is 0.268 e. The van der Waals surface area contributed by atoms with Gasteiger partial charge in [0.15, 0.2) is 17.7 Å². The van der Waals surface area contributed by atoms with Crippen molar-refractivity contribution in [1.29, 1.82) is 0 Å². The van der Waals surface area contributed by atoms with Gasteiger partial charge in [-0.25, -0.2) is 4.39 Å². The molecule has 2 amide bonds.